The van der Waals surface area contributed by atoms with Gasteiger partial charge >= 0.3 is 6.18 Å². The van der Waals surface area contributed by atoms with Crippen LogP contribution in [0.4, 0.5) is 18.9 Å². The number of aliphatic hydroxyl groups is 1. The topological polar surface area (TPSA) is 73.1 Å². The van der Waals surface area contributed by atoms with Crippen LogP contribution in [0.3, 0.4) is 0 Å². The number of carbonyl (C=O) groups excluding carboxylic acids is 1. The van der Waals surface area contributed by atoms with E-state index in [1.54, 1.807) is 30.3 Å². The molecule has 0 fully saturated rings. The first kappa shape index (κ1) is 18.5. The summed E-state index contributed by atoms with van der Waals surface area (Å²) in [7, 11) is 0. The summed E-state index contributed by atoms with van der Waals surface area (Å²) in [5, 5.41) is 20.8. The molecule has 0 bridgehead atoms. The molecule has 1 atom stereocenters. The van der Waals surface area contributed by atoms with Gasteiger partial charge in [-0.2, -0.15) is 18.4 Å². The summed E-state index contributed by atoms with van der Waals surface area (Å²) >= 11 is 0. The zero-order valence-electron chi connectivity index (χ0n) is 13.0. The number of hydrogen-bond donors (Lipinski definition) is 2. The van der Waals surface area contributed by atoms with Crippen LogP contribution in [-0.2, 0) is 11.2 Å². The highest BCUT2D eigenvalue weighted by Crippen LogP contribution is 2.35. The maximum Gasteiger partial charge on any atom is 0.426 e. The van der Waals surface area contributed by atoms with Gasteiger partial charge in [-0.15, -0.1) is 0 Å². The lowest BCUT2D eigenvalue weighted by molar-refractivity contribution is -0.250. The predicted octanol–water partition coefficient (Wildman–Crippen LogP) is 3.42. The van der Waals surface area contributed by atoms with Crippen molar-refractivity contribution in [2.75, 3.05) is 5.32 Å². The van der Waals surface area contributed by atoms with Gasteiger partial charge in [0.15, 0.2) is 0 Å². The van der Waals surface area contributed by atoms with Gasteiger partial charge in [0.1, 0.15) is 0 Å². The normalized spacial score (nSPS) is 13.6. The van der Waals surface area contributed by atoms with E-state index in [0.29, 0.717) is 11.1 Å². The molecule has 0 spiro atoms. The Bertz CT molecular complexity index is 768. The van der Waals surface area contributed by atoms with Gasteiger partial charge in [-0.05, 0) is 42.7 Å². The van der Waals surface area contributed by atoms with Crippen molar-refractivity contribution in [2.45, 2.75) is 24.6 Å². The number of halogens is 3. The molecule has 1 unspecified atom stereocenters. The highest BCUT2D eigenvalue weighted by molar-refractivity contribution is 5.97. The third kappa shape index (κ3) is 4.37. The van der Waals surface area contributed by atoms with Gasteiger partial charge in [-0.25, -0.2) is 0 Å². The van der Waals surface area contributed by atoms with Crippen LogP contribution in [0.2, 0.25) is 0 Å². The molecule has 0 radical (unpaired) electrons. The maximum absolute atomic E-state index is 13.3. The SMILES string of the molecule is N#Cc1ccc(NC(=O)C(O)(CCc2ccccc2)C(F)(F)F)cc1. The van der Waals surface area contributed by atoms with E-state index < -0.39 is 24.1 Å². The molecule has 2 aromatic carbocycles. The Balaban J connectivity index is 2.17. The molecule has 25 heavy (non-hydrogen) atoms. The van der Waals surface area contributed by atoms with E-state index in [0.717, 1.165) is 0 Å². The first-order valence-electron chi connectivity index (χ1n) is 7.41. The average molecular weight is 348 g/mol. The molecule has 0 aromatic heterocycles. The van der Waals surface area contributed by atoms with E-state index in [1.807, 2.05) is 6.07 Å². The van der Waals surface area contributed by atoms with Gasteiger partial charge in [0.05, 0.1) is 11.6 Å². The Morgan fingerprint density at radius 1 is 1.08 bits per heavy atom. The van der Waals surface area contributed by atoms with Crippen LogP contribution in [0.1, 0.15) is 17.5 Å². The molecular weight excluding hydrogens is 333 g/mol. The van der Waals surface area contributed by atoms with Crippen molar-refractivity contribution in [3.05, 3.63) is 65.7 Å². The number of nitriles is 1. The molecule has 2 rings (SSSR count). The number of aryl methyl sites for hydroxylation is 1. The fourth-order valence-electron chi connectivity index (χ4n) is 2.22. The van der Waals surface area contributed by atoms with Crippen molar-refractivity contribution in [2.24, 2.45) is 0 Å². The van der Waals surface area contributed by atoms with Gasteiger partial charge in [-0.3, -0.25) is 4.79 Å². The highest BCUT2D eigenvalue weighted by Gasteiger charge is 2.58. The Labute approximate surface area is 142 Å². The van der Waals surface area contributed by atoms with E-state index in [9.17, 15) is 23.1 Å². The number of nitrogens with one attached hydrogen (secondary N) is 1. The molecule has 0 aliphatic carbocycles. The predicted molar refractivity (Wildman–Crippen MR) is 85.6 cm³/mol. The minimum atomic E-state index is -5.13. The van der Waals surface area contributed by atoms with Crippen molar-refractivity contribution in [3.63, 3.8) is 0 Å². The lowest BCUT2D eigenvalue weighted by Crippen LogP contribution is -2.55. The molecule has 1 amide bonds. The number of nitrogens with zero attached hydrogens (tertiary/aromatic N) is 1. The summed E-state index contributed by atoms with van der Waals surface area (Å²) in [6.45, 7) is 0. The molecule has 0 heterocycles. The number of amides is 1. The van der Waals surface area contributed by atoms with Crippen LogP contribution in [0, 0.1) is 11.3 Å². The van der Waals surface area contributed by atoms with Gasteiger partial charge in [0.2, 0.25) is 5.60 Å². The van der Waals surface area contributed by atoms with Crippen LogP contribution in [0.5, 0.6) is 0 Å². The summed E-state index contributed by atoms with van der Waals surface area (Å²) in [5.41, 5.74) is -2.58. The van der Waals surface area contributed by atoms with Crippen molar-refractivity contribution >= 4 is 11.6 Å². The lowest BCUT2D eigenvalue weighted by Gasteiger charge is -2.29. The van der Waals surface area contributed by atoms with Crippen LogP contribution in [0.25, 0.3) is 0 Å². The smallest absolute Gasteiger partial charge is 0.373 e. The third-order valence-corrected chi connectivity index (χ3v) is 3.73. The Morgan fingerprint density at radius 3 is 2.20 bits per heavy atom. The second-order valence-electron chi connectivity index (χ2n) is 5.49. The Hall–Kier alpha value is -2.85. The number of carbonyl (C=O) groups is 1. The van der Waals surface area contributed by atoms with Crippen molar-refractivity contribution in [3.8, 4) is 6.07 Å². The molecule has 4 nitrogen and oxygen atoms in total. The van der Waals surface area contributed by atoms with Gasteiger partial charge in [0.25, 0.3) is 5.91 Å². The summed E-state index contributed by atoms with van der Waals surface area (Å²) in [5.74, 6) is -1.55. The minimum absolute atomic E-state index is 0.0615. The first-order valence-corrected chi connectivity index (χ1v) is 7.41. The summed E-state index contributed by atoms with van der Waals surface area (Å²) in [6, 6.07) is 15.4. The number of anilines is 1. The molecule has 0 aliphatic rings. The summed E-state index contributed by atoms with van der Waals surface area (Å²) in [6.07, 6.45) is -6.04. The second kappa shape index (κ2) is 7.36. The van der Waals surface area contributed by atoms with Crippen LogP contribution in [-0.4, -0.2) is 22.8 Å². The van der Waals surface area contributed by atoms with E-state index in [-0.39, 0.29) is 12.1 Å². The largest absolute Gasteiger partial charge is 0.426 e. The average Bonchev–Trinajstić information content (AvgIpc) is 2.60. The van der Waals surface area contributed by atoms with E-state index in [2.05, 4.69) is 5.32 Å². The first-order chi connectivity index (χ1) is 11.8. The number of alkyl halides is 3. The number of hydrogen-bond acceptors (Lipinski definition) is 3. The zero-order valence-corrected chi connectivity index (χ0v) is 13.0. The molecule has 0 aliphatic heterocycles. The lowest BCUT2D eigenvalue weighted by atomic mass is 9.93. The van der Waals surface area contributed by atoms with Crippen LogP contribution < -0.4 is 5.32 Å². The van der Waals surface area contributed by atoms with Gasteiger partial charge in [-0.1, -0.05) is 30.3 Å². The van der Waals surface area contributed by atoms with Crippen molar-refractivity contribution in [1.29, 1.82) is 5.26 Å². The maximum atomic E-state index is 13.3. The van der Waals surface area contributed by atoms with Crippen LogP contribution >= 0.6 is 0 Å². The fourth-order valence-corrected chi connectivity index (χ4v) is 2.22. The zero-order chi connectivity index (χ0) is 18.5. The standard InChI is InChI=1S/C18H15F3N2O2/c19-18(20,21)17(25,11-10-13-4-2-1-3-5-13)16(24)23-15-8-6-14(12-22)7-9-15/h1-9,25H,10-11H2,(H,23,24). The molecule has 7 heteroatoms. The highest BCUT2D eigenvalue weighted by atomic mass is 19.4. The van der Waals surface area contributed by atoms with Crippen molar-refractivity contribution < 1.29 is 23.1 Å². The molecule has 130 valence electrons. The summed E-state index contributed by atoms with van der Waals surface area (Å²) in [4.78, 5) is 12.1. The van der Waals surface area contributed by atoms with E-state index in [4.69, 9.17) is 5.26 Å². The minimum Gasteiger partial charge on any atom is -0.373 e. The third-order valence-electron chi connectivity index (χ3n) is 3.73. The van der Waals surface area contributed by atoms with Crippen LogP contribution in [0.15, 0.2) is 54.6 Å². The molecular formula is C18H15F3N2O2. The Kier molecular flexibility index (Phi) is 5.45. The number of rotatable bonds is 5. The summed E-state index contributed by atoms with van der Waals surface area (Å²) < 4.78 is 40.0. The van der Waals surface area contributed by atoms with Gasteiger partial charge in [0, 0.05) is 5.69 Å². The quantitative estimate of drug-likeness (QED) is 0.869. The number of benzene rings is 2. The molecule has 2 aromatic rings. The van der Waals surface area contributed by atoms with Gasteiger partial charge < -0.3 is 10.4 Å². The van der Waals surface area contributed by atoms with E-state index >= 15 is 0 Å². The fraction of sp³-hybridized carbons (Fsp3) is 0.222. The molecule has 2 N–H and O–H groups in total. The van der Waals surface area contributed by atoms with E-state index in [1.165, 1.54) is 24.3 Å². The second-order valence-corrected chi connectivity index (χ2v) is 5.49. The Morgan fingerprint density at radius 2 is 1.68 bits per heavy atom. The molecule has 0 saturated carbocycles. The monoisotopic (exact) mass is 348 g/mol. The molecule has 0 saturated heterocycles. The van der Waals surface area contributed by atoms with Crippen molar-refractivity contribution in [1.82, 2.24) is 0 Å².